The van der Waals surface area contributed by atoms with Gasteiger partial charge in [0.05, 0.1) is 11.0 Å². The Morgan fingerprint density at radius 3 is 2.44 bits per heavy atom. The maximum absolute atomic E-state index is 12.4. The molecule has 1 aromatic heterocycles. The molecule has 5 heteroatoms. The fraction of sp³-hybridized carbons (Fsp3) is 0.200. The molecule has 0 bridgehead atoms. The number of benzene rings is 2. The Morgan fingerprint density at radius 2 is 1.72 bits per heavy atom. The smallest absolute Gasteiger partial charge is 0.287 e. The van der Waals surface area contributed by atoms with Gasteiger partial charge in [0.1, 0.15) is 5.58 Å². The zero-order valence-electron chi connectivity index (χ0n) is 13.5. The summed E-state index contributed by atoms with van der Waals surface area (Å²) in [6.45, 7) is 0.0943. The number of carbonyl (C=O) groups is 1. The van der Waals surface area contributed by atoms with Crippen molar-refractivity contribution in [2.75, 3.05) is 6.54 Å². The summed E-state index contributed by atoms with van der Waals surface area (Å²) in [5, 5.41) is 13.8. The third-order valence-electron chi connectivity index (χ3n) is 4.59. The summed E-state index contributed by atoms with van der Waals surface area (Å²) in [6, 6.07) is 15.8. The van der Waals surface area contributed by atoms with Crippen LogP contribution in [-0.4, -0.2) is 23.2 Å². The van der Waals surface area contributed by atoms with E-state index in [1.165, 1.54) is 6.07 Å². The molecule has 0 atom stereocenters. The second-order valence-corrected chi connectivity index (χ2v) is 6.50. The van der Waals surface area contributed by atoms with Gasteiger partial charge in [0.15, 0.2) is 11.2 Å². The first-order valence-electron chi connectivity index (χ1n) is 8.14. The molecule has 0 aliphatic heterocycles. The third kappa shape index (κ3) is 2.94. The normalized spacial score (nSPS) is 15.1. The Labute approximate surface area is 143 Å². The first kappa shape index (κ1) is 15.6. The lowest BCUT2D eigenvalue weighted by molar-refractivity contribution is 0.0473. The molecule has 0 fully saturated rings. The van der Waals surface area contributed by atoms with Gasteiger partial charge in [-0.1, -0.05) is 36.4 Å². The van der Waals surface area contributed by atoms with Gasteiger partial charge in [-0.15, -0.1) is 0 Å². The summed E-state index contributed by atoms with van der Waals surface area (Å²) in [4.78, 5) is 24.4. The van der Waals surface area contributed by atoms with E-state index in [9.17, 15) is 14.7 Å². The van der Waals surface area contributed by atoms with Crippen LogP contribution in [0.25, 0.3) is 11.0 Å². The Balaban J connectivity index is 1.51. The van der Waals surface area contributed by atoms with E-state index in [1.54, 1.807) is 24.3 Å². The molecule has 4 rings (SSSR count). The number of rotatable bonds is 3. The molecule has 0 saturated carbocycles. The van der Waals surface area contributed by atoms with Gasteiger partial charge in [-0.05, 0) is 23.3 Å². The highest BCUT2D eigenvalue weighted by Crippen LogP contribution is 2.29. The molecule has 1 aliphatic carbocycles. The van der Waals surface area contributed by atoms with Gasteiger partial charge in [0.2, 0.25) is 0 Å². The topological polar surface area (TPSA) is 79.5 Å². The number of carbonyl (C=O) groups excluding carboxylic acids is 1. The average Bonchev–Trinajstić information content (AvgIpc) is 2.96. The zero-order chi connectivity index (χ0) is 17.4. The van der Waals surface area contributed by atoms with E-state index < -0.39 is 11.5 Å². The van der Waals surface area contributed by atoms with Gasteiger partial charge < -0.3 is 14.8 Å². The van der Waals surface area contributed by atoms with Crippen molar-refractivity contribution in [2.24, 2.45) is 0 Å². The summed E-state index contributed by atoms with van der Waals surface area (Å²) < 4.78 is 5.52. The van der Waals surface area contributed by atoms with E-state index in [0.29, 0.717) is 23.8 Å². The molecular formula is C20H17NO4. The van der Waals surface area contributed by atoms with Gasteiger partial charge in [0.25, 0.3) is 5.91 Å². The quantitative estimate of drug-likeness (QED) is 0.768. The van der Waals surface area contributed by atoms with Crippen LogP contribution < -0.4 is 10.7 Å². The molecule has 0 unspecified atom stereocenters. The molecule has 126 valence electrons. The van der Waals surface area contributed by atoms with Gasteiger partial charge in [-0.2, -0.15) is 0 Å². The molecule has 1 heterocycles. The number of hydrogen-bond donors (Lipinski definition) is 2. The summed E-state index contributed by atoms with van der Waals surface area (Å²) in [5.74, 6) is -0.560. The van der Waals surface area contributed by atoms with Crippen molar-refractivity contribution < 1.29 is 14.3 Å². The minimum absolute atomic E-state index is 0.0530. The molecule has 1 aliphatic rings. The highest BCUT2D eigenvalue weighted by atomic mass is 16.3. The van der Waals surface area contributed by atoms with E-state index in [1.807, 2.05) is 24.3 Å². The lowest BCUT2D eigenvalue weighted by atomic mass is 10.0. The first-order valence-corrected chi connectivity index (χ1v) is 8.14. The molecule has 0 spiro atoms. The summed E-state index contributed by atoms with van der Waals surface area (Å²) in [6.07, 6.45) is 0.982. The molecular weight excluding hydrogens is 318 g/mol. The molecule has 25 heavy (non-hydrogen) atoms. The minimum Gasteiger partial charge on any atom is -0.451 e. The number of nitrogens with one attached hydrogen (secondary N) is 1. The number of amides is 1. The molecule has 3 aromatic rings. The van der Waals surface area contributed by atoms with E-state index in [0.717, 1.165) is 11.1 Å². The SMILES string of the molecule is O=C(NCC1(O)Cc2ccccc2C1)c1cc(=O)c2ccccc2o1. The van der Waals surface area contributed by atoms with Crippen LogP contribution in [0.4, 0.5) is 0 Å². The molecule has 2 N–H and O–H groups in total. The predicted molar refractivity (Wildman–Crippen MR) is 93.6 cm³/mol. The highest BCUT2D eigenvalue weighted by Gasteiger charge is 2.35. The summed E-state index contributed by atoms with van der Waals surface area (Å²) >= 11 is 0. The summed E-state index contributed by atoms with van der Waals surface area (Å²) in [5.41, 5.74) is 1.27. The number of fused-ring (bicyclic) bond motifs is 2. The van der Waals surface area contributed by atoms with Gasteiger partial charge in [-0.25, -0.2) is 0 Å². The van der Waals surface area contributed by atoms with Crippen LogP contribution in [0.5, 0.6) is 0 Å². The van der Waals surface area contributed by atoms with Crippen molar-refractivity contribution in [3.63, 3.8) is 0 Å². The standard InChI is InChI=1S/C20H17NO4/c22-16-9-18(25-17-8-4-3-7-15(16)17)19(23)21-12-20(24)10-13-5-1-2-6-14(13)11-20/h1-9,24H,10-12H2,(H,21,23). The maximum Gasteiger partial charge on any atom is 0.287 e. The van der Waals surface area contributed by atoms with Crippen molar-refractivity contribution in [1.29, 1.82) is 0 Å². The Morgan fingerprint density at radius 1 is 1.08 bits per heavy atom. The van der Waals surface area contributed by atoms with E-state index in [4.69, 9.17) is 4.42 Å². The average molecular weight is 335 g/mol. The van der Waals surface area contributed by atoms with E-state index in [-0.39, 0.29) is 17.7 Å². The number of hydrogen-bond acceptors (Lipinski definition) is 4. The van der Waals surface area contributed by atoms with E-state index in [2.05, 4.69) is 5.32 Å². The van der Waals surface area contributed by atoms with Crippen molar-refractivity contribution in [1.82, 2.24) is 5.32 Å². The molecule has 2 aromatic carbocycles. The largest absolute Gasteiger partial charge is 0.451 e. The zero-order valence-corrected chi connectivity index (χ0v) is 13.5. The first-order chi connectivity index (χ1) is 12.0. The van der Waals surface area contributed by atoms with Crippen LogP contribution in [0, 0.1) is 0 Å². The van der Waals surface area contributed by atoms with Gasteiger partial charge in [0, 0.05) is 25.5 Å². The highest BCUT2D eigenvalue weighted by molar-refractivity contribution is 5.93. The van der Waals surface area contributed by atoms with Crippen molar-refractivity contribution >= 4 is 16.9 Å². The van der Waals surface area contributed by atoms with Gasteiger partial charge in [-0.3, -0.25) is 9.59 Å². The fourth-order valence-corrected chi connectivity index (χ4v) is 3.35. The van der Waals surface area contributed by atoms with Crippen molar-refractivity contribution in [2.45, 2.75) is 18.4 Å². The molecule has 1 amide bonds. The number of aliphatic hydroxyl groups is 1. The monoisotopic (exact) mass is 335 g/mol. The fourth-order valence-electron chi connectivity index (χ4n) is 3.35. The van der Waals surface area contributed by atoms with Crippen LogP contribution in [0.3, 0.4) is 0 Å². The lowest BCUT2D eigenvalue weighted by Gasteiger charge is -2.22. The molecule has 0 radical (unpaired) electrons. The predicted octanol–water partition coefficient (Wildman–Crippen LogP) is 2.05. The van der Waals surface area contributed by atoms with Crippen molar-refractivity contribution in [3.05, 3.63) is 81.7 Å². The lowest BCUT2D eigenvalue weighted by Crippen LogP contribution is -2.43. The molecule has 0 saturated heterocycles. The Kier molecular flexibility index (Phi) is 3.66. The van der Waals surface area contributed by atoms with Crippen LogP contribution >= 0.6 is 0 Å². The van der Waals surface area contributed by atoms with Crippen LogP contribution in [0.2, 0.25) is 0 Å². The second-order valence-electron chi connectivity index (χ2n) is 6.50. The van der Waals surface area contributed by atoms with Crippen molar-refractivity contribution in [3.8, 4) is 0 Å². The number of para-hydroxylation sites is 1. The Hall–Kier alpha value is -2.92. The second kappa shape index (κ2) is 5.86. The third-order valence-corrected chi connectivity index (χ3v) is 4.59. The van der Waals surface area contributed by atoms with Crippen LogP contribution in [0.1, 0.15) is 21.7 Å². The van der Waals surface area contributed by atoms with E-state index >= 15 is 0 Å². The van der Waals surface area contributed by atoms with Crippen LogP contribution in [0.15, 0.2) is 63.8 Å². The Bertz CT molecular complexity index is 996. The van der Waals surface area contributed by atoms with Crippen LogP contribution in [-0.2, 0) is 12.8 Å². The maximum atomic E-state index is 12.4. The van der Waals surface area contributed by atoms with Gasteiger partial charge >= 0.3 is 0 Å². The summed E-state index contributed by atoms with van der Waals surface area (Å²) in [7, 11) is 0. The molecule has 5 nitrogen and oxygen atoms in total. The minimum atomic E-state index is -1.02.